The van der Waals surface area contributed by atoms with E-state index in [0.29, 0.717) is 5.57 Å². The second-order valence-electron chi connectivity index (χ2n) is 7.30. The molecule has 1 unspecified atom stereocenters. The van der Waals surface area contributed by atoms with Crippen molar-refractivity contribution in [3.05, 3.63) is 47.0 Å². The quantitative estimate of drug-likeness (QED) is 0.713. The van der Waals surface area contributed by atoms with Crippen molar-refractivity contribution in [1.82, 2.24) is 4.90 Å². The van der Waals surface area contributed by atoms with Gasteiger partial charge in [0.15, 0.2) is 5.41 Å². The van der Waals surface area contributed by atoms with E-state index in [0.717, 1.165) is 6.07 Å². The van der Waals surface area contributed by atoms with Crippen molar-refractivity contribution in [3.8, 4) is 18.2 Å². The lowest BCUT2D eigenvalue weighted by atomic mass is 9.54. The molecule has 1 amide bonds. The molecule has 1 aliphatic heterocycles. The first kappa shape index (κ1) is 21.1. The highest BCUT2D eigenvalue weighted by Gasteiger charge is 2.59. The van der Waals surface area contributed by atoms with Crippen LogP contribution in [-0.2, 0) is 11.0 Å². The van der Waals surface area contributed by atoms with Gasteiger partial charge in [-0.15, -0.1) is 0 Å². The van der Waals surface area contributed by atoms with Gasteiger partial charge in [0.2, 0.25) is 5.91 Å². The van der Waals surface area contributed by atoms with Crippen molar-refractivity contribution < 1.29 is 18.0 Å². The Morgan fingerprint density at radius 3 is 2.40 bits per heavy atom. The number of amides is 1. The topological polar surface area (TPSA) is 116 Å². The standard InChI is InChI=1S/C21H16F3N5O/c1-12(30)29-7-6-13-15(8-25)19(28)20(10-26,11-27)18(16(13)9-29)14-4-2-3-5-17(14)21(22,23)24/h2-6,15-16,18,28H,7,9H2,1H3/t15?,16-,18-/m0/s1. The molecular formula is C21H16F3N5O. The average Bonchev–Trinajstić information content (AvgIpc) is 2.72. The Hall–Kier alpha value is -3.64. The molecule has 1 N–H and O–H groups in total. The molecule has 1 aromatic carbocycles. The summed E-state index contributed by atoms with van der Waals surface area (Å²) < 4.78 is 41.3. The number of carbonyl (C=O) groups is 1. The van der Waals surface area contributed by atoms with E-state index in [9.17, 15) is 33.8 Å². The summed E-state index contributed by atoms with van der Waals surface area (Å²) in [5, 5.41) is 37.9. The highest BCUT2D eigenvalue weighted by molar-refractivity contribution is 6.01. The lowest BCUT2D eigenvalue weighted by Crippen LogP contribution is -2.53. The molecule has 1 aliphatic carbocycles. The molecule has 0 bridgehead atoms. The van der Waals surface area contributed by atoms with Crippen molar-refractivity contribution in [2.75, 3.05) is 13.1 Å². The van der Waals surface area contributed by atoms with Crippen molar-refractivity contribution in [2.24, 2.45) is 17.3 Å². The molecule has 152 valence electrons. The van der Waals surface area contributed by atoms with Crippen molar-refractivity contribution in [3.63, 3.8) is 0 Å². The van der Waals surface area contributed by atoms with Crippen molar-refractivity contribution in [2.45, 2.75) is 19.0 Å². The summed E-state index contributed by atoms with van der Waals surface area (Å²) in [6.45, 7) is 1.41. The lowest BCUT2D eigenvalue weighted by Gasteiger charge is -2.48. The van der Waals surface area contributed by atoms with E-state index in [1.165, 1.54) is 30.0 Å². The fraction of sp³-hybridized carbons (Fsp3) is 0.381. The summed E-state index contributed by atoms with van der Waals surface area (Å²) in [5.74, 6) is -3.78. The number of rotatable bonds is 1. The predicted octanol–water partition coefficient (Wildman–Crippen LogP) is 3.40. The zero-order valence-electron chi connectivity index (χ0n) is 15.9. The molecule has 1 fully saturated rings. The van der Waals surface area contributed by atoms with E-state index >= 15 is 0 Å². The minimum absolute atomic E-state index is 0.0470. The molecule has 0 radical (unpaired) electrons. The Kier molecular flexibility index (Phi) is 5.14. The monoisotopic (exact) mass is 411 g/mol. The lowest BCUT2D eigenvalue weighted by molar-refractivity contribution is -0.139. The first-order valence-electron chi connectivity index (χ1n) is 9.05. The molecule has 6 nitrogen and oxygen atoms in total. The summed E-state index contributed by atoms with van der Waals surface area (Å²) in [5.41, 5.74) is -3.73. The van der Waals surface area contributed by atoms with Crippen molar-refractivity contribution >= 4 is 11.6 Å². The van der Waals surface area contributed by atoms with E-state index in [1.54, 1.807) is 18.2 Å². The average molecular weight is 411 g/mol. The number of carbonyl (C=O) groups excluding carboxylic acids is 1. The second-order valence-corrected chi connectivity index (χ2v) is 7.30. The molecule has 1 saturated carbocycles. The van der Waals surface area contributed by atoms with Crippen LogP contribution in [0.25, 0.3) is 0 Å². The van der Waals surface area contributed by atoms with Crippen molar-refractivity contribution in [1.29, 1.82) is 21.2 Å². The smallest absolute Gasteiger partial charge is 0.339 e. The number of halogens is 3. The SMILES string of the molecule is CC(=O)N1CC=C2C(C#N)C(=N)C(C#N)(C#N)[C@@H](c3ccccc3C(F)(F)F)[C@H]2C1. The number of hydrogen-bond acceptors (Lipinski definition) is 5. The minimum Gasteiger partial charge on any atom is -0.339 e. The van der Waals surface area contributed by atoms with Gasteiger partial charge in [0.25, 0.3) is 0 Å². The third-order valence-electron chi connectivity index (χ3n) is 5.84. The van der Waals surface area contributed by atoms with Crippen LogP contribution in [0, 0.1) is 56.7 Å². The maximum absolute atomic E-state index is 13.8. The van der Waals surface area contributed by atoms with E-state index in [1.807, 2.05) is 6.07 Å². The van der Waals surface area contributed by atoms with E-state index in [2.05, 4.69) is 0 Å². The highest BCUT2D eigenvalue weighted by atomic mass is 19.4. The number of fused-ring (bicyclic) bond motifs is 1. The van der Waals surface area contributed by atoms with Gasteiger partial charge in [-0.1, -0.05) is 24.3 Å². The van der Waals surface area contributed by atoms with Gasteiger partial charge in [0.05, 0.1) is 29.5 Å². The third-order valence-corrected chi connectivity index (χ3v) is 5.84. The van der Waals surface area contributed by atoms with E-state index < -0.39 is 40.6 Å². The molecule has 9 heteroatoms. The molecule has 30 heavy (non-hydrogen) atoms. The molecule has 0 aromatic heterocycles. The maximum atomic E-state index is 13.8. The first-order chi connectivity index (χ1) is 14.1. The molecule has 2 aliphatic rings. The fourth-order valence-corrected chi connectivity index (χ4v) is 4.43. The van der Waals surface area contributed by atoms with Crippen LogP contribution in [0.3, 0.4) is 0 Å². The van der Waals surface area contributed by atoms with Gasteiger partial charge < -0.3 is 10.3 Å². The molecule has 3 rings (SSSR count). The van der Waals surface area contributed by atoms with Gasteiger partial charge in [0, 0.05) is 31.8 Å². The molecule has 0 saturated heterocycles. The number of alkyl halides is 3. The summed E-state index contributed by atoms with van der Waals surface area (Å²) in [6.07, 6.45) is -3.19. The fourth-order valence-electron chi connectivity index (χ4n) is 4.43. The molecule has 3 atom stereocenters. The van der Waals surface area contributed by atoms with Crippen LogP contribution in [0.4, 0.5) is 13.2 Å². The van der Waals surface area contributed by atoms with Gasteiger partial charge in [-0.2, -0.15) is 29.0 Å². The Balaban J connectivity index is 2.34. The maximum Gasteiger partial charge on any atom is 0.416 e. The Morgan fingerprint density at radius 2 is 1.87 bits per heavy atom. The highest BCUT2D eigenvalue weighted by Crippen LogP contribution is 2.55. The Morgan fingerprint density at radius 1 is 1.23 bits per heavy atom. The summed E-state index contributed by atoms with van der Waals surface area (Å²) in [7, 11) is 0. The number of nitriles is 3. The first-order valence-corrected chi connectivity index (χ1v) is 9.05. The normalized spacial score (nSPS) is 25.2. The molecule has 1 aromatic rings. The zero-order valence-corrected chi connectivity index (χ0v) is 15.9. The van der Waals surface area contributed by atoms with Crippen LogP contribution >= 0.6 is 0 Å². The zero-order chi connectivity index (χ0) is 22.3. The van der Waals surface area contributed by atoms with Gasteiger partial charge in [-0.05, 0) is 17.2 Å². The molecule has 0 spiro atoms. The van der Waals surface area contributed by atoms with E-state index in [4.69, 9.17) is 5.41 Å². The number of benzene rings is 1. The summed E-state index contributed by atoms with van der Waals surface area (Å²) in [4.78, 5) is 13.3. The third kappa shape index (κ3) is 3.02. The predicted molar refractivity (Wildman–Crippen MR) is 98.5 cm³/mol. The number of nitrogens with zero attached hydrogens (tertiary/aromatic N) is 4. The Labute approximate surface area is 170 Å². The number of nitrogens with one attached hydrogen (secondary N) is 1. The van der Waals surface area contributed by atoms with Crippen LogP contribution < -0.4 is 0 Å². The summed E-state index contributed by atoms with van der Waals surface area (Å²) in [6, 6.07) is 10.1. The van der Waals surface area contributed by atoms with Crippen LogP contribution in [0.5, 0.6) is 0 Å². The number of hydrogen-bond donors (Lipinski definition) is 1. The van der Waals surface area contributed by atoms with E-state index in [-0.39, 0.29) is 24.6 Å². The van der Waals surface area contributed by atoms with Crippen LogP contribution in [0.1, 0.15) is 24.0 Å². The van der Waals surface area contributed by atoms with Gasteiger partial charge in [-0.25, -0.2) is 0 Å². The molecule has 1 heterocycles. The minimum atomic E-state index is -4.75. The van der Waals surface area contributed by atoms with Gasteiger partial charge >= 0.3 is 6.18 Å². The van der Waals surface area contributed by atoms with Gasteiger partial charge in [0.1, 0.15) is 5.92 Å². The van der Waals surface area contributed by atoms with Gasteiger partial charge in [-0.3, -0.25) is 4.79 Å². The van der Waals surface area contributed by atoms with Crippen LogP contribution in [-0.4, -0.2) is 29.6 Å². The van der Waals surface area contributed by atoms with Crippen LogP contribution in [0.2, 0.25) is 0 Å². The van der Waals surface area contributed by atoms with Crippen LogP contribution in [0.15, 0.2) is 35.9 Å². The second kappa shape index (κ2) is 7.31. The largest absolute Gasteiger partial charge is 0.416 e. The Bertz CT molecular complexity index is 1060. The molecular weight excluding hydrogens is 395 g/mol. The summed E-state index contributed by atoms with van der Waals surface area (Å²) >= 11 is 0.